The van der Waals surface area contributed by atoms with Crippen molar-refractivity contribution in [3.63, 3.8) is 0 Å². The summed E-state index contributed by atoms with van der Waals surface area (Å²) in [5.41, 5.74) is 2.14. The molecule has 1 atom stereocenters. The van der Waals surface area contributed by atoms with E-state index in [1.54, 1.807) is 17.9 Å². The molecule has 28 heavy (non-hydrogen) atoms. The van der Waals surface area contributed by atoms with Crippen molar-refractivity contribution in [3.8, 4) is 0 Å². The van der Waals surface area contributed by atoms with Gasteiger partial charge in [0.25, 0.3) is 0 Å². The maximum atomic E-state index is 14.0. The van der Waals surface area contributed by atoms with Gasteiger partial charge in [-0.2, -0.15) is 0 Å². The van der Waals surface area contributed by atoms with Crippen LogP contribution in [0.25, 0.3) is 10.2 Å². The molecular formula is C21H19FN2O3S. The average molecular weight is 398 g/mol. The number of esters is 1. The third kappa shape index (κ3) is 3.49. The normalized spacial score (nSPS) is 16.3. The number of benzene rings is 2. The van der Waals surface area contributed by atoms with Crippen LogP contribution >= 0.6 is 11.3 Å². The largest absolute Gasteiger partial charge is 0.466 e. The van der Waals surface area contributed by atoms with Crippen LogP contribution in [0.2, 0.25) is 0 Å². The zero-order valence-electron chi connectivity index (χ0n) is 15.4. The Morgan fingerprint density at radius 1 is 1.29 bits per heavy atom. The van der Waals surface area contributed by atoms with Gasteiger partial charge in [-0.05, 0) is 37.1 Å². The lowest BCUT2D eigenvalue weighted by atomic mass is 9.89. The Morgan fingerprint density at radius 3 is 2.89 bits per heavy atom. The molecule has 1 unspecified atom stereocenters. The molecule has 0 fully saturated rings. The third-order valence-electron chi connectivity index (χ3n) is 4.79. The minimum atomic E-state index is -0.472. The van der Waals surface area contributed by atoms with Gasteiger partial charge < -0.3 is 9.64 Å². The van der Waals surface area contributed by atoms with E-state index >= 15 is 0 Å². The lowest BCUT2D eigenvalue weighted by Gasteiger charge is -2.33. The molecule has 0 spiro atoms. The molecule has 0 N–H and O–H groups in total. The van der Waals surface area contributed by atoms with Crippen LogP contribution in [-0.4, -0.2) is 23.5 Å². The SMILES string of the molecule is CCOC(=O)CC1Cc2ccccc2N(Cc2nc3c(F)cccc3s2)C1=O. The number of fused-ring (bicyclic) bond motifs is 2. The number of ether oxygens (including phenoxy) is 1. The number of carbonyl (C=O) groups is 2. The Morgan fingerprint density at radius 2 is 2.11 bits per heavy atom. The molecule has 5 nitrogen and oxygen atoms in total. The first-order valence-corrected chi connectivity index (χ1v) is 9.97. The van der Waals surface area contributed by atoms with Gasteiger partial charge in [0.2, 0.25) is 5.91 Å². The van der Waals surface area contributed by atoms with Crippen molar-refractivity contribution in [2.75, 3.05) is 11.5 Å². The minimum Gasteiger partial charge on any atom is -0.466 e. The number of hydrogen-bond acceptors (Lipinski definition) is 5. The van der Waals surface area contributed by atoms with E-state index in [4.69, 9.17) is 4.74 Å². The van der Waals surface area contributed by atoms with Gasteiger partial charge in [-0.25, -0.2) is 9.37 Å². The molecule has 0 radical (unpaired) electrons. The molecule has 7 heteroatoms. The second kappa shape index (κ2) is 7.67. The zero-order valence-corrected chi connectivity index (χ0v) is 16.2. The molecule has 1 aromatic heterocycles. The maximum absolute atomic E-state index is 14.0. The first kappa shape index (κ1) is 18.6. The number of thiazole rings is 1. The molecule has 0 saturated carbocycles. The number of aromatic nitrogens is 1. The summed E-state index contributed by atoms with van der Waals surface area (Å²) in [4.78, 5) is 31.1. The van der Waals surface area contributed by atoms with Crippen molar-refractivity contribution in [2.45, 2.75) is 26.3 Å². The van der Waals surface area contributed by atoms with E-state index in [1.165, 1.54) is 17.4 Å². The summed E-state index contributed by atoms with van der Waals surface area (Å²) in [6, 6.07) is 12.5. The number of hydrogen-bond donors (Lipinski definition) is 0. The Bertz CT molecular complexity index is 1050. The predicted octanol–water partition coefficient (Wildman–Crippen LogP) is 4.09. The molecule has 2 aromatic carbocycles. The standard InChI is InChI=1S/C21H19FN2O3S/c1-2-27-19(25)11-14-10-13-6-3-4-8-16(13)24(21(14)26)12-18-23-20-15(22)7-5-9-17(20)28-18/h3-9,14H,2,10-12H2,1H3. The van der Waals surface area contributed by atoms with E-state index in [-0.39, 0.29) is 37.3 Å². The Balaban J connectivity index is 1.66. The molecule has 0 bridgehead atoms. The zero-order chi connectivity index (χ0) is 19.7. The number of carbonyl (C=O) groups excluding carboxylic acids is 2. The van der Waals surface area contributed by atoms with E-state index in [9.17, 15) is 14.0 Å². The highest BCUT2D eigenvalue weighted by Gasteiger charge is 2.34. The maximum Gasteiger partial charge on any atom is 0.306 e. The van der Waals surface area contributed by atoms with Gasteiger partial charge in [-0.3, -0.25) is 9.59 Å². The molecule has 3 aromatic rings. The lowest BCUT2D eigenvalue weighted by molar-refractivity contribution is -0.146. The van der Waals surface area contributed by atoms with E-state index in [1.807, 2.05) is 30.3 Å². The van der Waals surface area contributed by atoms with Gasteiger partial charge in [0.1, 0.15) is 16.3 Å². The number of halogens is 1. The van der Waals surface area contributed by atoms with Crippen molar-refractivity contribution >= 4 is 39.1 Å². The molecular weight excluding hydrogens is 379 g/mol. The van der Waals surface area contributed by atoms with Crippen molar-refractivity contribution in [1.82, 2.24) is 4.98 Å². The van der Waals surface area contributed by atoms with Gasteiger partial charge in [0.05, 0.1) is 30.2 Å². The van der Waals surface area contributed by atoms with Gasteiger partial charge in [-0.15, -0.1) is 11.3 Å². The second-order valence-electron chi connectivity index (χ2n) is 6.66. The van der Waals surface area contributed by atoms with Gasteiger partial charge in [0.15, 0.2) is 0 Å². The number of anilines is 1. The Labute approximate surface area is 165 Å². The highest BCUT2D eigenvalue weighted by Crippen LogP contribution is 2.34. The quantitative estimate of drug-likeness (QED) is 0.608. The Kier molecular flexibility index (Phi) is 5.09. The van der Waals surface area contributed by atoms with Crippen molar-refractivity contribution in [1.29, 1.82) is 0 Å². The summed E-state index contributed by atoms with van der Waals surface area (Å²) in [5.74, 6) is -1.35. The fourth-order valence-corrected chi connectivity index (χ4v) is 4.52. The van der Waals surface area contributed by atoms with Crippen LogP contribution in [0.15, 0.2) is 42.5 Å². The monoisotopic (exact) mass is 398 g/mol. The topological polar surface area (TPSA) is 59.5 Å². The molecule has 1 aliphatic rings. The third-order valence-corrected chi connectivity index (χ3v) is 5.80. The average Bonchev–Trinajstić information content (AvgIpc) is 3.09. The number of rotatable bonds is 5. The predicted molar refractivity (Wildman–Crippen MR) is 106 cm³/mol. The molecule has 1 amide bonds. The molecule has 0 aliphatic carbocycles. The fraction of sp³-hybridized carbons (Fsp3) is 0.286. The van der Waals surface area contributed by atoms with Crippen LogP contribution in [0, 0.1) is 11.7 Å². The number of nitrogens with zero attached hydrogens (tertiary/aromatic N) is 2. The first-order valence-electron chi connectivity index (χ1n) is 9.15. The summed E-state index contributed by atoms with van der Waals surface area (Å²) in [6.45, 7) is 2.28. The first-order chi connectivity index (χ1) is 13.6. The van der Waals surface area contributed by atoms with Crippen molar-refractivity contribution < 1.29 is 18.7 Å². The van der Waals surface area contributed by atoms with E-state index < -0.39 is 5.92 Å². The van der Waals surface area contributed by atoms with E-state index in [2.05, 4.69) is 4.98 Å². The molecule has 2 heterocycles. The van der Waals surface area contributed by atoms with E-state index in [0.717, 1.165) is 16.0 Å². The highest BCUT2D eigenvalue weighted by molar-refractivity contribution is 7.18. The van der Waals surface area contributed by atoms with Crippen LogP contribution in [0.5, 0.6) is 0 Å². The smallest absolute Gasteiger partial charge is 0.306 e. The van der Waals surface area contributed by atoms with Crippen LogP contribution in [0.4, 0.5) is 10.1 Å². The summed E-state index contributed by atoms with van der Waals surface area (Å²) in [6.07, 6.45) is 0.546. The van der Waals surface area contributed by atoms with Gasteiger partial charge >= 0.3 is 5.97 Å². The summed E-state index contributed by atoms with van der Waals surface area (Å²) < 4.78 is 19.8. The van der Waals surface area contributed by atoms with Crippen LogP contribution in [0.1, 0.15) is 23.9 Å². The number of amides is 1. The molecule has 0 saturated heterocycles. The van der Waals surface area contributed by atoms with Crippen molar-refractivity contribution in [2.24, 2.45) is 5.92 Å². The van der Waals surface area contributed by atoms with Gasteiger partial charge in [-0.1, -0.05) is 24.3 Å². The van der Waals surface area contributed by atoms with Crippen molar-refractivity contribution in [3.05, 3.63) is 58.9 Å². The molecule has 144 valence electrons. The summed E-state index contributed by atoms with van der Waals surface area (Å²) in [7, 11) is 0. The fourth-order valence-electron chi connectivity index (χ4n) is 3.55. The number of para-hydroxylation sites is 2. The van der Waals surface area contributed by atoms with Gasteiger partial charge in [0, 0.05) is 5.69 Å². The summed E-state index contributed by atoms with van der Waals surface area (Å²) >= 11 is 1.37. The second-order valence-corrected chi connectivity index (χ2v) is 7.77. The van der Waals surface area contributed by atoms with E-state index in [0.29, 0.717) is 16.9 Å². The highest BCUT2D eigenvalue weighted by atomic mass is 32.1. The van der Waals surface area contributed by atoms with Crippen LogP contribution in [-0.2, 0) is 27.3 Å². The molecule has 1 aliphatic heterocycles. The van der Waals surface area contributed by atoms with Crippen LogP contribution in [0.3, 0.4) is 0 Å². The lowest BCUT2D eigenvalue weighted by Crippen LogP contribution is -2.41. The Hall–Kier alpha value is -2.80. The molecule has 4 rings (SSSR count). The minimum absolute atomic E-state index is 0.0476. The summed E-state index contributed by atoms with van der Waals surface area (Å²) in [5, 5.41) is 0.653. The van der Waals surface area contributed by atoms with Crippen LogP contribution < -0.4 is 4.90 Å².